The molecular weight excluding hydrogens is 414 g/mol. The van der Waals surface area contributed by atoms with E-state index in [9.17, 15) is 19.5 Å². The highest BCUT2D eigenvalue weighted by atomic mass is 16.4. The molecule has 3 atom stereocenters. The van der Waals surface area contributed by atoms with Crippen molar-refractivity contribution in [1.82, 2.24) is 10.2 Å². The van der Waals surface area contributed by atoms with Gasteiger partial charge in [-0.2, -0.15) is 5.26 Å². The molecule has 5 rings (SSSR count). The lowest BCUT2D eigenvalue weighted by Gasteiger charge is -2.60. The van der Waals surface area contributed by atoms with E-state index in [-0.39, 0.29) is 30.3 Å². The fraction of sp³-hybridized carbons (Fsp3) is 0.826. The minimum Gasteiger partial charge on any atom is -0.481 e. The van der Waals surface area contributed by atoms with Gasteiger partial charge in [-0.1, -0.05) is 0 Å². The molecule has 0 spiro atoms. The highest BCUT2D eigenvalue weighted by Gasteiger charge is 2.57. The molecule has 32 heavy (non-hydrogen) atoms. The number of likely N-dealkylation sites (tertiary alicyclic amines) is 1. The quantitative estimate of drug-likeness (QED) is 0.410. The number of carbonyl (C=O) groups excluding carboxylic acids is 1. The van der Waals surface area contributed by atoms with Crippen LogP contribution in [0.3, 0.4) is 0 Å². The van der Waals surface area contributed by atoms with E-state index in [1.54, 1.807) is 4.90 Å². The van der Waals surface area contributed by atoms with Gasteiger partial charge in [-0.15, -0.1) is 0 Å². The van der Waals surface area contributed by atoms with Gasteiger partial charge < -0.3 is 25.5 Å². The predicted octanol–water partition coefficient (Wildman–Crippen LogP) is 1.89. The number of rotatable bonds is 8. The molecular formula is C23H35N3O6. The lowest BCUT2D eigenvalue weighted by atomic mass is 9.51. The molecule has 9 nitrogen and oxygen atoms in total. The number of hydrogen-bond acceptors (Lipinski definition) is 6. The standard InChI is InChI=1S/C17H25N3O2.C6H10O4/c18-9-14-2-1-3-20(14)15(21)10-19-16-5-12-4-13(6-16)8-17(22,7-12)11-16;7-5(8)3-1-2-4-6(9)10/h12-14,19,22H,1-8,10-11H2;1-4H2,(H,7,8)(H,9,10)/t12?,13?,14-,16?,17?;/m0./s1. The van der Waals surface area contributed by atoms with Crippen LogP contribution in [0.15, 0.2) is 0 Å². The third-order valence-corrected chi connectivity index (χ3v) is 7.40. The molecule has 178 valence electrons. The number of nitriles is 1. The molecule has 4 N–H and O–H groups in total. The zero-order valence-electron chi connectivity index (χ0n) is 18.6. The Morgan fingerprint density at radius 3 is 2.12 bits per heavy atom. The molecule has 2 unspecified atom stereocenters. The average Bonchev–Trinajstić information content (AvgIpc) is 3.17. The van der Waals surface area contributed by atoms with Gasteiger partial charge in [0.1, 0.15) is 6.04 Å². The van der Waals surface area contributed by atoms with Crippen molar-refractivity contribution >= 4 is 17.8 Å². The number of unbranched alkanes of at least 4 members (excludes halogenated alkanes) is 1. The molecule has 5 fully saturated rings. The van der Waals surface area contributed by atoms with Gasteiger partial charge in [0.25, 0.3) is 0 Å². The average molecular weight is 450 g/mol. The number of hydrogen-bond donors (Lipinski definition) is 4. The van der Waals surface area contributed by atoms with Crippen molar-refractivity contribution in [2.24, 2.45) is 11.8 Å². The summed E-state index contributed by atoms with van der Waals surface area (Å²) in [6.45, 7) is 1.02. The summed E-state index contributed by atoms with van der Waals surface area (Å²) in [6.07, 6.45) is 8.89. The lowest BCUT2D eigenvalue weighted by Crippen LogP contribution is -2.65. The summed E-state index contributed by atoms with van der Waals surface area (Å²) in [5, 5.41) is 39.6. The van der Waals surface area contributed by atoms with Crippen LogP contribution in [-0.4, -0.2) is 68.3 Å². The highest BCUT2D eigenvalue weighted by Crippen LogP contribution is 2.57. The Bertz CT molecular complexity index is 733. The van der Waals surface area contributed by atoms with Crippen LogP contribution >= 0.6 is 0 Å². The van der Waals surface area contributed by atoms with Gasteiger partial charge in [-0.05, 0) is 76.0 Å². The SMILES string of the molecule is N#C[C@@H]1CCCN1C(=O)CNC12CC3CC(CC(O)(C3)C1)C2.O=C(O)CCCCC(=O)O. The molecule has 4 aliphatic carbocycles. The Labute approximate surface area is 188 Å². The maximum absolute atomic E-state index is 12.4. The monoisotopic (exact) mass is 449 g/mol. The molecule has 4 saturated carbocycles. The van der Waals surface area contributed by atoms with Gasteiger partial charge in [-0.3, -0.25) is 14.4 Å². The fourth-order valence-electron chi connectivity index (χ4n) is 6.54. The number of nitrogens with one attached hydrogen (secondary N) is 1. The summed E-state index contributed by atoms with van der Waals surface area (Å²) in [4.78, 5) is 34.0. The van der Waals surface area contributed by atoms with E-state index in [0.29, 0.717) is 37.8 Å². The van der Waals surface area contributed by atoms with Crippen molar-refractivity contribution in [3.05, 3.63) is 0 Å². The third kappa shape index (κ3) is 6.20. The Morgan fingerprint density at radius 2 is 1.62 bits per heavy atom. The lowest BCUT2D eigenvalue weighted by molar-refractivity contribution is -0.147. The zero-order chi connectivity index (χ0) is 23.4. The highest BCUT2D eigenvalue weighted by molar-refractivity contribution is 5.79. The molecule has 5 aliphatic rings. The van der Waals surface area contributed by atoms with Crippen LogP contribution in [0.2, 0.25) is 0 Å². The van der Waals surface area contributed by atoms with Crippen LogP contribution in [0.5, 0.6) is 0 Å². The number of carboxylic acids is 2. The zero-order valence-corrected chi connectivity index (χ0v) is 18.6. The molecule has 0 aromatic heterocycles. The van der Waals surface area contributed by atoms with Crippen LogP contribution in [0.25, 0.3) is 0 Å². The number of amides is 1. The van der Waals surface area contributed by atoms with Crippen molar-refractivity contribution in [3.8, 4) is 6.07 Å². The summed E-state index contributed by atoms with van der Waals surface area (Å²) in [6, 6.07) is 1.99. The normalized spacial score (nSPS) is 34.5. The molecule has 0 radical (unpaired) electrons. The summed E-state index contributed by atoms with van der Waals surface area (Å²) in [5.74, 6) is -0.456. The van der Waals surface area contributed by atoms with Crippen molar-refractivity contribution in [2.45, 2.75) is 94.2 Å². The summed E-state index contributed by atoms with van der Waals surface area (Å²) in [7, 11) is 0. The van der Waals surface area contributed by atoms with E-state index in [4.69, 9.17) is 15.5 Å². The summed E-state index contributed by atoms with van der Waals surface area (Å²) >= 11 is 0. The number of carbonyl (C=O) groups is 3. The Hall–Kier alpha value is -2.18. The molecule has 1 heterocycles. The van der Waals surface area contributed by atoms with Gasteiger partial charge in [0.15, 0.2) is 0 Å². The topological polar surface area (TPSA) is 151 Å². The van der Waals surface area contributed by atoms with Crippen molar-refractivity contribution in [1.29, 1.82) is 5.26 Å². The Kier molecular flexibility index (Phi) is 7.78. The number of carboxylic acid groups (broad SMARTS) is 2. The molecule has 4 bridgehead atoms. The molecule has 1 amide bonds. The van der Waals surface area contributed by atoms with E-state index in [1.807, 2.05) is 0 Å². The van der Waals surface area contributed by atoms with Crippen LogP contribution < -0.4 is 5.32 Å². The first kappa shape index (κ1) is 24.5. The summed E-state index contributed by atoms with van der Waals surface area (Å²) < 4.78 is 0. The Morgan fingerprint density at radius 1 is 1.03 bits per heavy atom. The van der Waals surface area contributed by atoms with Crippen LogP contribution in [-0.2, 0) is 14.4 Å². The van der Waals surface area contributed by atoms with Crippen LogP contribution in [0, 0.1) is 23.2 Å². The largest absolute Gasteiger partial charge is 0.481 e. The van der Waals surface area contributed by atoms with E-state index >= 15 is 0 Å². The first-order chi connectivity index (χ1) is 15.1. The maximum atomic E-state index is 12.4. The Balaban J connectivity index is 0.000000247. The first-order valence-corrected chi connectivity index (χ1v) is 11.7. The molecule has 0 aromatic carbocycles. The smallest absolute Gasteiger partial charge is 0.303 e. The van der Waals surface area contributed by atoms with Crippen LogP contribution in [0.4, 0.5) is 0 Å². The number of nitrogens with zero attached hydrogens (tertiary/aromatic N) is 2. The summed E-state index contributed by atoms with van der Waals surface area (Å²) in [5.41, 5.74) is -0.542. The van der Waals surface area contributed by atoms with Crippen LogP contribution in [0.1, 0.15) is 77.0 Å². The van der Waals surface area contributed by atoms with Crippen molar-refractivity contribution in [2.75, 3.05) is 13.1 Å². The minimum absolute atomic E-state index is 0.0453. The van der Waals surface area contributed by atoms with Gasteiger partial charge >= 0.3 is 11.9 Å². The van der Waals surface area contributed by atoms with Gasteiger partial charge in [0.2, 0.25) is 5.91 Å². The van der Waals surface area contributed by atoms with E-state index < -0.39 is 17.5 Å². The fourth-order valence-corrected chi connectivity index (χ4v) is 6.54. The van der Waals surface area contributed by atoms with Gasteiger partial charge in [-0.25, -0.2) is 0 Å². The van der Waals surface area contributed by atoms with E-state index in [2.05, 4.69) is 11.4 Å². The molecule has 0 aromatic rings. The second-order valence-electron chi connectivity index (χ2n) is 10.2. The molecule has 1 saturated heterocycles. The van der Waals surface area contributed by atoms with E-state index in [1.165, 1.54) is 6.42 Å². The molecule has 9 heteroatoms. The van der Waals surface area contributed by atoms with Crippen molar-refractivity contribution in [3.63, 3.8) is 0 Å². The minimum atomic E-state index is -0.870. The number of aliphatic carboxylic acids is 2. The van der Waals surface area contributed by atoms with Crippen molar-refractivity contribution < 1.29 is 29.7 Å². The van der Waals surface area contributed by atoms with E-state index in [0.717, 1.165) is 44.9 Å². The second kappa shape index (κ2) is 10.2. The van der Waals surface area contributed by atoms with Gasteiger partial charge in [0.05, 0.1) is 18.2 Å². The number of aliphatic hydroxyl groups is 1. The molecule has 1 aliphatic heterocycles. The third-order valence-electron chi connectivity index (χ3n) is 7.40. The predicted molar refractivity (Wildman–Crippen MR) is 114 cm³/mol. The maximum Gasteiger partial charge on any atom is 0.303 e. The van der Waals surface area contributed by atoms with Gasteiger partial charge in [0, 0.05) is 24.9 Å². The second-order valence-corrected chi connectivity index (χ2v) is 10.2. The first-order valence-electron chi connectivity index (χ1n) is 11.7.